The molecule has 19 nitrogen and oxygen atoms in total. The zero-order valence-corrected chi connectivity index (χ0v) is 29.7. The molecule has 7 rings (SSSR count). The molecule has 0 atom stereocenters. The molecule has 2 aromatic carbocycles. The second-order valence-electron chi connectivity index (χ2n) is 12.4. The number of amides is 2. The normalized spacial score (nSPS) is 13.5. The number of halogens is 4. The van der Waals surface area contributed by atoms with Crippen LogP contribution in [0.5, 0.6) is 11.5 Å². The number of carbonyl (C=O) groups is 4. The Bertz CT molecular complexity index is 2800. The van der Waals surface area contributed by atoms with Gasteiger partial charge in [-0.1, -0.05) is 11.6 Å². The third-order valence-electron chi connectivity index (χ3n) is 8.96. The molecule has 292 valence electrons. The van der Waals surface area contributed by atoms with Crippen LogP contribution in [0.15, 0.2) is 39.9 Å². The molecule has 1 aliphatic heterocycles. The van der Waals surface area contributed by atoms with Gasteiger partial charge in [0.05, 0.1) is 46.5 Å². The molecule has 1 fully saturated rings. The molecule has 0 bridgehead atoms. The first-order valence-electron chi connectivity index (χ1n) is 16.4. The number of nitrogens with one attached hydrogen (secondary N) is 2. The number of aromatic nitrogens is 6. The second kappa shape index (κ2) is 13.9. The molecule has 4 N–H and O–H groups in total. The Morgan fingerprint density at radius 2 is 1.46 bits per heavy atom. The predicted molar refractivity (Wildman–Crippen MR) is 189 cm³/mol. The van der Waals surface area contributed by atoms with Crippen molar-refractivity contribution in [2.75, 3.05) is 44.3 Å². The van der Waals surface area contributed by atoms with E-state index in [1.54, 1.807) is 0 Å². The smallest absolute Gasteiger partial charge is 0.418 e. The monoisotopic (exact) mass is 801 g/mol. The molecular weight excluding hydrogens is 775 g/mol. The number of carboxylic acids is 1. The molecule has 23 heteroatoms. The molecule has 4 aromatic heterocycles. The van der Waals surface area contributed by atoms with Crippen LogP contribution in [0, 0.1) is 0 Å². The van der Waals surface area contributed by atoms with E-state index in [1.165, 1.54) is 47.8 Å². The summed E-state index contributed by atoms with van der Waals surface area (Å²) < 4.78 is 57.4. The van der Waals surface area contributed by atoms with E-state index >= 15 is 0 Å². The second-order valence-corrected chi connectivity index (χ2v) is 12.8. The number of aromatic hydroxyl groups is 1. The van der Waals surface area contributed by atoms with E-state index in [0.29, 0.717) is 0 Å². The average molecular weight is 802 g/mol. The van der Waals surface area contributed by atoms with E-state index in [9.17, 15) is 47.0 Å². The summed E-state index contributed by atoms with van der Waals surface area (Å²) in [6, 6.07) is 6.36. The topological polar surface area (TPSA) is 233 Å². The fourth-order valence-corrected chi connectivity index (χ4v) is 6.57. The lowest BCUT2D eigenvalue weighted by Crippen LogP contribution is -2.39. The number of carboxylic acid groups (broad SMARTS) is 1. The number of esters is 1. The Kier molecular flexibility index (Phi) is 9.32. The van der Waals surface area contributed by atoms with Crippen molar-refractivity contribution >= 4 is 74.4 Å². The summed E-state index contributed by atoms with van der Waals surface area (Å²) in [5.74, 6) is -7.04. The molecule has 56 heavy (non-hydrogen) atoms. The van der Waals surface area contributed by atoms with E-state index in [-0.39, 0.29) is 64.7 Å². The fourth-order valence-electron chi connectivity index (χ4n) is 6.40. The van der Waals surface area contributed by atoms with Gasteiger partial charge in [0.25, 0.3) is 22.9 Å². The van der Waals surface area contributed by atoms with Crippen molar-refractivity contribution < 1.29 is 52.0 Å². The third-order valence-corrected chi connectivity index (χ3v) is 9.19. The van der Waals surface area contributed by atoms with Gasteiger partial charge in [0, 0.05) is 32.2 Å². The van der Waals surface area contributed by atoms with E-state index < -0.39 is 88.0 Å². The molecule has 1 aliphatic rings. The number of fused-ring (bicyclic) bond motifs is 6. The van der Waals surface area contributed by atoms with Crippen LogP contribution in [0.2, 0.25) is 5.02 Å². The van der Waals surface area contributed by atoms with Gasteiger partial charge in [-0.15, -0.1) is 0 Å². The van der Waals surface area contributed by atoms with Gasteiger partial charge in [0.15, 0.2) is 33.9 Å². The lowest BCUT2D eigenvalue weighted by atomic mass is 10.1. The van der Waals surface area contributed by atoms with Crippen LogP contribution < -0.4 is 31.4 Å². The Labute approximate surface area is 314 Å². The van der Waals surface area contributed by atoms with Gasteiger partial charge < -0.3 is 35.2 Å². The SMILES string of the molecule is Cn1c(=O)c(C(=O)NCC(=O)Oc2c(C(=O)NCC(=O)O)c(=O)n(C)n3c2nc2ccc(Cl)cc23)c(O)c2nc3cc(C(F)(F)F)c(N4CCOCC4)cc3n21. The minimum absolute atomic E-state index is 0.0114. The predicted octanol–water partition coefficient (Wildman–Crippen LogP) is 1.05. The van der Waals surface area contributed by atoms with Crippen LogP contribution in [0.25, 0.3) is 33.4 Å². The van der Waals surface area contributed by atoms with Crippen LogP contribution in [-0.2, 0) is 34.6 Å². The fraction of sp³-hybridized carbons (Fsp3) is 0.273. The molecule has 2 amide bonds. The van der Waals surface area contributed by atoms with Crippen LogP contribution in [-0.4, -0.2) is 102 Å². The number of hydrogen-bond donors (Lipinski definition) is 4. The molecular formula is C33H27ClF3N9O10. The van der Waals surface area contributed by atoms with Crippen molar-refractivity contribution in [3.8, 4) is 11.5 Å². The quantitative estimate of drug-likeness (QED) is 0.158. The van der Waals surface area contributed by atoms with Gasteiger partial charge in [-0.3, -0.25) is 24.0 Å². The van der Waals surface area contributed by atoms with Gasteiger partial charge in [-0.2, -0.15) is 13.2 Å². The van der Waals surface area contributed by atoms with Crippen LogP contribution in [0.3, 0.4) is 0 Å². The van der Waals surface area contributed by atoms with Crippen molar-refractivity contribution in [2.45, 2.75) is 6.18 Å². The molecule has 0 aliphatic carbocycles. The Hall–Kier alpha value is -6.68. The molecule has 0 spiro atoms. The number of aryl methyl sites for hydroxylation is 2. The summed E-state index contributed by atoms with van der Waals surface area (Å²) in [4.78, 5) is 87.8. The highest BCUT2D eigenvalue weighted by atomic mass is 35.5. The molecule has 0 saturated carbocycles. The molecule has 0 radical (unpaired) electrons. The van der Waals surface area contributed by atoms with Crippen molar-refractivity contribution in [2.24, 2.45) is 14.1 Å². The summed E-state index contributed by atoms with van der Waals surface area (Å²) in [7, 11) is 2.45. The number of ether oxygens (including phenoxy) is 2. The Balaban J connectivity index is 1.23. The maximum atomic E-state index is 14.2. The third kappa shape index (κ3) is 6.36. The van der Waals surface area contributed by atoms with Gasteiger partial charge >= 0.3 is 18.1 Å². The van der Waals surface area contributed by atoms with Crippen molar-refractivity contribution in [1.82, 2.24) is 39.0 Å². The molecule has 1 saturated heterocycles. The number of hydrogen-bond acceptors (Lipinski definition) is 12. The first-order chi connectivity index (χ1) is 26.5. The van der Waals surface area contributed by atoms with Crippen molar-refractivity contribution in [3.05, 3.63) is 72.8 Å². The summed E-state index contributed by atoms with van der Waals surface area (Å²) >= 11 is 6.14. The highest BCUT2D eigenvalue weighted by Gasteiger charge is 2.37. The largest absolute Gasteiger partial charge is 0.504 e. The zero-order chi connectivity index (χ0) is 40.4. The van der Waals surface area contributed by atoms with Crippen molar-refractivity contribution in [3.63, 3.8) is 0 Å². The number of carbonyl (C=O) groups excluding carboxylic acids is 3. The Morgan fingerprint density at radius 3 is 2.12 bits per heavy atom. The number of rotatable bonds is 8. The minimum atomic E-state index is -4.80. The number of aliphatic carboxylic acids is 1. The van der Waals surface area contributed by atoms with Crippen LogP contribution in [0.4, 0.5) is 18.9 Å². The first-order valence-corrected chi connectivity index (χ1v) is 16.7. The lowest BCUT2D eigenvalue weighted by molar-refractivity contribution is -0.137. The number of morpholine rings is 1. The molecule has 5 heterocycles. The van der Waals surface area contributed by atoms with Crippen LogP contribution in [0.1, 0.15) is 26.3 Å². The van der Waals surface area contributed by atoms with E-state index in [0.717, 1.165) is 19.9 Å². The summed E-state index contributed by atoms with van der Waals surface area (Å²) in [5, 5.41) is 24.6. The Morgan fingerprint density at radius 1 is 0.875 bits per heavy atom. The number of imidazole rings is 2. The van der Waals surface area contributed by atoms with Crippen molar-refractivity contribution in [1.29, 1.82) is 0 Å². The summed E-state index contributed by atoms with van der Waals surface area (Å²) in [6.07, 6.45) is -4.80. The number of alkyl halides is 3. The number of nitrogens with zero attached hydrogens (tertiary/aromatic N) is 7. The maximum Gasteiger partial charge on any atom is 0.418 e. The summed E-state index contributed by atoms with van der Waals surface area (Å²) in [5.41, 5.74) is -5.55. The average Bonchev–Trinajstić information content (AvgIpc) is 3.72. The van der Waals surface area contributed by atoms with E-state index in [1.807, 2.05) is 5.32 Å². The lowest BCUT2D eigenvalue weighted by Gasteiger charge is -2.31. The van der Waals surface area contributed by atoms with Gasteiger partial charge in [-0.25, -0.2) is 33.2 Å². The minimum Gasteiger partial charge on any atom is -0.504 e. The van der Waals surface area contributed by atoms with Gasteiger partial charge in [0.1, 0.15) is 13.1 Å². The standard InChI is InChI=1S/C33H27ClF3N9O10/c1-42-31(53)23(25(50)27-41-17-10-15(33(35,36)37)18(11-20(17)45(27)42)44-5-7-55-8-6-44)29(51)39-13-22(49)56-26-24(30(52)38-12-21(47)48)32(54)43(2)46-19-9-14(34)3-4-16(19)40-28(26)46/h3-4,9-11,50H,5-8,12-13H2,1-2H3,(H,38,52)(H,39,51)(H,47,48). The maximum absolute atomic E-state index is 14.2. The first kappa shape index (κ1) is 37.6. The van der Waals surface area contributed by atoms with Crippen LogP contribution >= 0.6 is 11.6 Å². The number of anilines is 1. The number of benzene rings is 2. The summed E-state index contributed by atoms with van der Waals surface area (Å²) in [6.45, 7) is -1.27. The van der Waals surface area contributed by atoms with Gasteiger partial charge in [-0.05, 0) is 30.3 Å². The zero-order valence-electron chi connectivity index (χ0n) is 28.9. The molecule has 6 aromatic rings. The van der Waals surface area contributed by atoms with E-state index in [4.69, 9.17) is 26.2 Å². The highest BCUT2D eigenvalue weighted by molar-refractivity contribution is 6.31. The molecule has 0 unspecified atom stereocenters. The van der Waals surface area contributed by atoms with Gasteiger partial charge in [0.2, 0.25) is 0 Å². The highest BCUT2D eigenvalue weighted by Crippen LogP contribution is 2.40. The van der Waals surface area contributed by atoms with E-state index in [2.05, 4.69) is 15.3 Å².